The molecule has 0 radical (unpaired) electrons. The zero-order valence-electron chi connectivity index (χ0n) is 16.9. The van der Waals surface area contributed by atoms with Crippen molar-refractivity contribution < 1.29 is 13.2 Å². The number of aromatic amines is 1. The number of aromatic nitrogens is 1. The van der Waals surface area contributed by atoms with E-state index in [4.69, 9.17) is 4.74 Å². The summed E-state index contributed by atoms with van der Waals surface area (Å²) in [6.07, 6.45) is 0. The van der Waals surface area contributed by atoms with Gasteiger partial charge < -0.3 is 14.6 Å². The van der Waals surface area contributed by atoms with Crippen LogP contribution in [-0.4, -0.2) is 57.1 Å². The van der Waals surface area contributed by atoms with Gasteiger partial charge in [0, 0.05) is 54.0 Å². The molecule has 29 heavy (non-hydrogen) atoms. The molecule has 0 amide bonds. The van der Waals surface area contributed by atoms with Crippen molar-refractivity contribution in [2.45, 2.75) is 18.7 Å². The van der Waals surface area contributed by atoms with Crippen molar-refractivity contribution in [1.82, 2.24) is 9.29 Å². The molecule has 1 N–H and O–H groups in total. The third-order valence-corrected chi connectivity index (χ3v) is 7.39. The van der Waals surface area contributed by atoms with E-state index in [0.29, 0.717) is 31.2 Å². The number of anilines is 1. The van der Waals surface area contributed by atoms with Crippen molar-refractivity contribution in [3.05, 3.63) is 48.5 Å². The molecule has 1 aromatic heterocycles. The molecule has 4 rings (SSSR count). The number of sulfonamides is 1. The first kappa shape index (κ1) is 19.9. The minimum atomic E-state index is -3.56. The zero-order valence-corrected chi connectivity index (χ0v) is 17.7. The molecule has 0 bridgehead atoms. The fourth-order valence-corrected chi connectivity index (χ4v) is 5.32. The van der Waals surface area contributed by atoms with Gasteiger partial charge in [-0.15, -0.1) is 0 Å². The van der Waals surface area contributed by atoms with Gasteiger partial charge in [-0.05, 0) is 44.2 Å². The van der Waals surface area contributed by atoms with Crippen LogP contribution >= 0.6 is 0 Å². The van der Waals surface area contributed by atoms with Crippen LogP contribution in [0.1, 0.15) is 13.8 Å². The van der Waals surface area contributed by atoms with E-state index in [1.54, 1.807) is 6.07 Å². The summed E-state index contributed by atoms with van der Waals surface area (Å²) in [5.74, 6) is 0. The summed E-state index contributed by atoms with van der Waals surface area (Å²) in [5.41, 5.74) is 3.89. The fraction of sp³-hybridized carbons (Fsp3) is 0.364. The Hall–Kier alpha value is -2.35. The Bertz CT molecular complexity index is 1060. The summed E-state index contributed by atoms with van der Waals surface area (Å²) in [4.78, 5) is 6.02. The zero-order chi connectivity index (χ0) is 20.4. The van der Waals surface area contributed by atoms with Crippen LogP contribution in [0.25, 0.3) is 22.2 Å². The Morgan fingerprint density at radius 1 is 1.03 bits per heavy atom. The van der Waals surface area contributed by atoms with E-state index in [1.807, 2.05) is 30.3 Å². The van der Waals surface area contributed by atoms with Gasteiger partial charge in [-0.25, -0.2) is 8.42 Å². The third-order valence-electron chi connectivity index (χ3n) is 5.50. The highest BCUT2D eigenvalue weighted by molar-refractivity contribution is 7.89. The second kappa shape index (κ2) is 8.18. The van der Waals surface area contributed by atoms with E-state index in [9.17, 15) is 8.42 Å². The molecule has 2 heterocycles. The maximum atomic E-state index is 13.2. The van der Waals surface area contributed by atoms with E-state index in [-0.39, 0.29) is 0 Å². The van der Waals surface area contributed by atoms with E-state index in [2.05, 4.69) is 35.9 Å². The number of morpholine rings is 1. The Labute approximate surface area is 172 Å². The number of hydrogen-bond acceptors (Lipinski definition) is 4. The summed E-state index contributed by atoms with van der Waals surface area (Å²) in [6, 6.07) is 15.6. The number of rotatable bonds is 6. The first-order valence-electron chi connectivity index (χ1n) is 10.1. The lowest BCUT2D eigenvalue weighted by molar-refractivity contribution is 0.0730. The lowest BCUT2D eigenvalue weighted by Crippen LogP contribution is -2.40. The van der Waals surface area contributed by atoms with Crippen LogP contribution in [0.5, 0.6) is 0 Å². The maximum Gasteiger partial charge on any atom is 0.243 e. The molecule has 3 aromatic rings. The Morgan fingerprint density at radius 2 is 1.76 bits per heavy atom. The molecule has 0 unspecified atom stereocenters. The number of para-hydroxylation sites is 1. The SMILES string of the molecule is CCN(CC)c1ccc(S(=O)(=O)N2CCOCC2)cc1-c1cc2ccccc2[nH]1. The molecule has 0 atom stereocenters. The Morgan fingerprint density at radius 3 is 2.45 bits per heavy atom. The second-order valence-corrected chi connectivity index (χ2v) is 9.08. The van der Waals surface area contributed by atoms with E-state index in [0.717, 1.165) is 40.9 Å². The standard InChI is InChI=1S/C22H27N3O3S/c1-3-24(4-2)22-10-9-18(29(26,27)25-11-13-28-14-12-25)16-19(22)21-15-17-7-5-6-8-20(17)23-21/h5-10,15-16,23H,3-4,11-14H2,1-2H3. The quantitative estimate of drug-likeness (QED) is 0.669. The number of nitrogens with one attached hydrogen (secondary N) is 1. The van der Waals surface area contributed by atoms with Crippen LogP contribution in [0.15, 0.2) is 53.4 Å². The normalized spacial score (nSPS) is 15.7. The highest BCUT2D eigenvalue weighted by Crippen LogP contribution is 2.35. The lowest BCUT2D eigenvalue weighted by Gasteiger charge is -2.28. The first-order chi connectivity index (χ1) is 14.0. The van der Waals surface area contributed by atoms with Gasteiger partial charge in [0.2, 0.25) is 10.0 Å². The molecular formula is C22H27N3O3S. The van der Waals surface area contributed by atoms with E-state index >= 15 is 0 Å². The number of fused-ring (bicyclic) bond motifs is 1. The Kier molecular flexibility index (Phi) is 5.63. The summed E-state index contributed by atoms with van der Waals surface area (Å²) >= 11 is 0. The topological polar surface area (TPSA) is 65.6 Å². The number of ether oxygens (including phenoxy) is 1. The number of H-pyrrole nitrogens is 1. The highest BCUT2D eigenvalue weighted by Gasteiger charge is 2.27. The van der Waals surface area contributed by atoms with Gasteiger partial charge in [-0.2, -0.15) is 4.31 Å². The second-order valence-electron chi connectivity index (χ2n) is 7.14. The minimum Gasteiger partial charge on any atom is -0.379 e. The van der Waals surface area contributed by atoms with Crippen LogP contribution in [-0.2, 0) is 14.8 Å². The van der Waals surface area contributed by atoms with Gasteiger partial charge in [0.25, 0.3) is 0 Å². The molecule has 1 saturated heterocycles. The molecule has 1 aliphatic heterocycles. The molecule has 6 nitrogen and oxygen atoms in total. The highest BCUT2D eigenvalue weighted by atomic mass is 32.2. The van der Waals surface area contributed by atoms with Gasteiger partial charge in [0.15, 0.2) is 0 Å². The monoisotopic (exact) mass is 413 g/mol. The van der Waals surface area contributed by atoms with Crippen LogP contribution in [0.2, 0.25) is 0 Å². The molecule has 154 valence electrons. The molecular weight excluding hydrogens is 386 g/mol. The summed E-state index contributed by atoms with van der Waals surface area (Å²) in [7, 11) is -3.56. The molecule has 2 aromatic carbocycles. The van der Waals surface area contributed by atoms with Gasteiger partial charge >= 0.3 is 0 Å². The average Bonchev–Trinajstić information content (AvgIpc) is 3.19. The summed E-state index contributed by atoms with van der Waals surface area (Å²) < 4.78 is 33.3. The number of hydrogen-bond donors (Lipinski definition) is 1. The molecule has 1 aliphatic rings. The summed E-state index contributed by atoms with van der Waals surface area (Å²) in [6.45, 7) is 7.56. The van der Waals surface area contributed by atoms with Crippen LogP contribution < -0.4 is 4.90 Å². The smallest absolute Gasteiger partial charge is 0.243 e. The predicted molar refractivity (Wildman–Crippen MR) is 117 cm³/mol. The van der Waals surface area contributed by atoms with Crippen molar-refractivity contribution in [2.75, 3.05) is 44.3 Å². The minimum absolute atomic E-state index is 0.323. The van der Waals surface area contributed by atoms with Crippen LogP contribution in [0.4, 0.5) is 5.69 Å². The van der Waals surface area contributed by atoms with E-state index in [1.165, 1.54) is 4.31 Å². The fourth-order valence-electron chi connectivity index (χ4n) is 3.89. The van der Waals surface area contributed by atoms with Crippen molar-refractivity contribution >= 4 is 26.6 Å². The van der Waals surface area contributed by atoms with Gasteiger partial charge in [-0.3, -0.25) is 0 Å². The first-order valence-corrected chi connectivity index (χ1v) is 11.5. The predicted octanol–water partition coefficient (Wildman–Crippen LogP) is 3.70. The molecule has 0 spiro atoms. The van der Waals surface area contributed by atoms with Gasteiger partial charge in [-0.1, -0.05) is 18.2 Å². The molecule has 0 saturated carbocycles. The van der Waals surface area contributed by atoms with Crippen LogP contribution in [0.3, 0.4) is 0 Å². The van der Waals surface area contributed by atoms with Gasteiger partial charge in [0.05, 0.1) is 18.1 Å². The summed E-state index contributed by atoms with van der Waals surface area (Å²) in [5, 5.41) is 1.11. The van der Waals surface area contributed by atoms with Crippen molar-refractivity contribution in [3.63, 3.8) is 0 Å². The van der Waals surface area contributed by atoms with Crippen molar-refractivity contribution in [3.8, 4) is 11.3 Å². The molecule has 7 heteroatoms. The number of benzene rings is 2. The van der Waals surface area contributed by atoms with Crippen molar-refractivity contribution in [1.29, 1.82) is 0 Å². The third kappa shape index (κ3) is 3.77. The van der Waals surface area contributed by atoms with Gasteiger partial charge in [0.1, 0.15) is 0 Å². The largest absolute Gasteiger partial charge is 0.379 e. The average molecular weight is 414 g/mol. The van der Waals surface area contributed by atoms with E-state index < -0.39 is 10.0 Å². The molecule has 1 fully saturated rings. The Balaban J connectivity index is 1.85. The number of nitrogens with zero attached hydrogens (tertiary/aromatic N) is 2. The van der Waals surface area contributed by atoms with Crippen LogP contribution in [0, 0.1) is 0 Å². The maximum absolute atomic E-state index is 13.2. The van der Waals surface area contributed by atoms with Crippen molar-refractivity contribution in [2.24, 2.45) is 0 Å². The molecule has 0 aliphatic carbocycles. The lowest BCUT2D eigenvalue weighted by atomic mass is 10.1.